The molecular formula is C24H15Cl3O8. The molecule has 8 nitrogen and oxygen atoms in total. The number of aromatic hydroxyl groups is 2. The minimum atomic E-state index is -1.77. The first-order valence-electron chi connectivity index (χ1n) is 10.1. The van der Waals surface area contributed by atoms with Crippen LogP contribution in [0.3, 0.4) is 0 Å². The standard InChI is InChI=1S/C24H15Cl3O8/c1-24(34-3)15-14(23(32)35-24)19(30)13-12(20(15)31)17(28)8-5-4-7-6-9(22(26)27)16(25)21(33-2)10(7)11(8)18(13)29/h4-6,22,30-31H,1-3H3/t24-/m0/s1. The van der Waals surface area contributed by atoms with Gasteiger partial charge >= 0.3 is 5.97 Å². The topological polar surface area (TPSA) is 119 Å². The molecular weight excluding hydrogens is 523 g/mol. The monoisotopic (exact) mass is 536 g/mol. The molecule has 11 heteroatoms. The van der Waals surface area contributed by atoms with Crippen LogP contribution in [-0.2, 0) is 15.3 Å². The zero-order valence-corrected chi connectivity index (χ0v) is 20.6. The number of halogens is 3. The summed E-state index contributed by atoms with van der Waals surface area (Å²) < 4.78 is 15.9. The number of ether oxygens (including phenoxy) is 3. The second kappa shape index (κ2) is 7.73. The van der Waals surface area contributed by atoms with Gasteiger partial charge in [-0.3, -0.25) is 9.59 Å². The summed E-state index contributed by atoms with van der Waals surface area (Å²) >= 11 is 18.5. The third-order valence-electron chi connectivity index (χ3n) is 6.38. The number of hydrogen-bond donors (Lipinski definition) is 2. The quantitative estimate of drug-likeness (QED) is 0.209. The van der Waals surface area contributed by atoms with Crippen molar-refractivity contribution in [2.45, 2.75) is 17.5 Å². The molecule has 1 aliphatic carbocycles. The van der Waals surface area contributed by atoms with Gasteiger partial charge in [0.1, 0.15) is 27.6 Å². The van der Waals surface area contributed by atoms with Crippen molar-refractivity contribution in [2.24, 2.45) is 0 Å². The predicted molar refractivity (Wildman–Crippen MR) is 126 cm³/mol. The van der Waals surface area contributed by atoms with Gasteiger partial charge < -0.3 is 24.4 Å². The van der Waals surface area contributed by atoms with Crippen LogP contribution in [0.2, 0.25) is 5.02 Å². The highest BCUT2D eigenvalue weighted by Gasteiger charge is 2.51. The molecule has 0 aromatic heterocycles. The van der Waals surface area contributed by atoms with E-state index in [1.807, 2.05) is 0 Å². The number of esters is 1. The number of benzene rings is 3. The first-order valence-corrected chi connectivity index (χ1v) is 11.3. The smallest absolute Gasteiger partial charge is 0.345 e. The summed E-state index contributed by atoms with van der Waals surface area (Å²) in [6, 6.07) is 4.51. The summed E-state index contributed by atoms with van der Waals surface area (Å²) in [6.07, 6.45) is 0. The summed E-state index contributed by atoms with van der Waals surface area (Å²) in [5, 5.41) is 22.7. The summed E-state index contributed by atoms with van der Waals surface area (Å²) in [5.74, 6) is -5.84. The zero-order chi connectivity index (χ0) is 25.6. The van der Waals surface area contributed by atoms with E-state index in [9.17, 15) is 24.6 Å². The molecule has 5 rings (SSSR count). The Morgan fingerprint density at radius 2 is 1.63 bits per heavy atom. The molecule has 3 aromatic rings. The lowest BCUT2D eigenvalue weighted by Gasteiger charge is -2.26. The van der Waals surface area contributed by atoms with E-state index in [4.69, 9.17) is 49.0 Å². The normalized spacial score (nSPS) is 18.5. The fourth-order valence-corrected chi connectivity index (χ4v) is 5.51. The molecule has 1 heterocycles. The third kappa shape index (κ3) is 2.94. The fraction of sp³-hybridized carbons (Fsp3) is 0.208. The molecule has 0 spiro atoms. The van der Waals surface area contributed by atoms with Gasteiger partial charge in [-0.1, -0.05) is 17.7 Å². The van der Waals surface area contributed by atoms with Crippen molar-refractivity contribution in [1.82, 2.24) is 0 Å². The maximum absolute atomic E-state index is 13.8. The van der Waals surface area contributed by atoms with Crippen LogP contribution >= 0.6 is 34.8 Å². The highest BCUT2D eigenvalue weighted by molar-refractivity contribution is 6.46. The van der Waals surface area contributed by atoms with E-state index >= 15 is 0 Å². The largest absolute Gasteiger partial charge is 0.507 e. The van der Waals surface area contributed by atoms with Crippen LogP contribution in [0.1, 0.15) is 65.1 Å². The summed E-state index contributed by atoms with van der Waals surface area (Å²) in [4.78, 5) is 39.0. The average molecular weight is 538 g/mol. The van der Waals surface area contributed by atoms with E-state index in [1.54, 1.807) is 12.1 Å². The van der Waals surface area contributed by atoms with Gasteiger partial charge in [0.15, 0.2) is 11.6 Å². The van der Waals surface area contributed by atoms with Crippen molar-refractivity contribution >= 4 is 63.1 Å². The molecule has 2 aliphatic rings. The van der Waals surface area contributed by atoms with Gasteiger partial charge in [0.25, 0.3) is 0 Å². The molecule has 1 aliphatic heterocycles. The number of phenolic OH excluding ortho intramolecular Hbond substituents is 2. The van der Waals surface area contributed by atoms with E-state index in [0.717, 1.165) is 0 Å². The number of cyclic esters (lactones) is 1. The van der Waals surface area contributed by atoms with Crippen LogP contribution in [-0.4, -0.2) is 42.0 Å². The Morgan fingerprint density at radius 3 is 2.23 bits per heavy atom. The molecule has 3 aromatic carbocycles. The van der Waals surface area contributed by atoms with Gasteiger partial charge in [0, 0.05) is 36.1 Å². The predicted octanol–water partition coefficient (Wildman–Crippen LogP) is 5.15. The van der Waals surface area contributed by atoms with Gasteiger partial charge in [-0.05, 0) is 17.5 Å². The van der Waals surface area contributed by atoms with Crippen molar-refractivity contribution in [1.29, 1.82) is 0 Å². The highest BCUT2D eigenvalue weighted by atomic mass is 35.5. The summed E-state index contributed by atoms with van der Waals surface area (Å²) in [6.45, 7) is 1.34. The summed E-state index contributed by atoms with van der Waals surface area (Å²) in [5.41, 5.74) is -1.58. The molecule has 0 amide bonds. The Bertz CT molecular complexity index is 1530. The average Bonchev–Trinajstić information content (AvgIpc) is 3.09. The zero-order valence-electron chi connectivity index (χ0n) is 18.3. The maximum Gasteiger partial charge on any atom is 0.345 e. The molecule has 0 unspecified atom stereocenters. The lowest BCUT2D eigenvalue weighted by molar-refractivity contribution is -0.173. The Morgan fingerprint density at radius 1 is 0.971 bits per heavy atom. The van der Waals surface area contributed by atoms with Crippen LogP contribution in [0.25, 0.3) is 10.8 Å². The van der Waals surface area contributed by atoms with Crippen molar-refractivity contribution in [3.8, 4) is 17.2 Å². The van der Waals surface area contributed by atoms with E-state index in [1.165, 1.54) is 27.2 Å². The maximum atomic E-state index is 13.8. The van der Waals surface area contributed by atoms with E-state index < -0.39 is 56.3 Å². The Hall–Kier alpha value is -3.04. The van der Waals surface area contributed by atoms with Crippen molar-refractivity contribution in [2.75, 3.05) is 14.2 Å². The molecule has 35 heavy (non-hydrogen) atoms. The molecule has 0 bridgehead atoms. The molecule has 1 atom stereocenters. The minimum absolute atomic E-state index is 0.0370. The number of carbonyl (C=O) groups excluding carboxylic acids is 3. The van der Waals surface area contributed by atoms with Crippen molar-refractivity contribution in [3.63, 3.8) is 0 Å². The number of phenols is 2. The summed E-state index contributed by atoms with van der Waals surface area (Å²) in [7, 11) is 2.55. The second-order valence-electron chi connectivity index (χ2n) is 8.09. The molecule has 0 saturated carbocycles. The molecule has 0 fully saturated rings. The highest BCUT2D eigenvalue weighted by Crippen LogP contribution is 2.53. The molecule has 2 N–H and O–H groups in total. The van der Waals surface area contributed by atoms with Crippen LogP contribution in [0, 0.1) is 0 Å². The number of rotatable bonds is 3. The van der Waals surface area contributed by atoms with Gasteiger partial charge in [-0.2, -0.15) is 0 Å². The van der Waals surface area contributed by atoms with Crippen molar-refractivity contribution in [3.05, 3.63) is 62.2 Å². The number of ketones is 2. The fourth-order valence-electron chi connectivity index (χ4n) is 4.72. The lowest BCUT2D eigenvalue weighted by atomic mass is 9.78. The number of hydrogen-bond acceptors (Lipinski definition) is 8. The number of fused-ring (bicyclic) bond motifs is 5. The SMILES string of the molecule is COc1c(Cl)c(C(Cl)Cl)cc2ccc3c(c12)C(=O)c1c(O)c2c(c(O)c1C3=O)[C@@](C)(OC)OC2=O. The number of carbonyl (C=O) groups is 3. The number of alkyl halides is 2. The Balaban J connectivity index is 1.90. The van der Waals surface area contributed by atoms with Crippen LogP contribution in [0.15, 0.2) is 18.2 Å². The Labute approximate surface area is 212 Å². The van der Waals surface area contributed by atoms with E-state index in [2.05, 4.69) is 0 Å². The van der Waals surface area contributed by atoms with Crippen LogP contribution in [0.4, 0.5) is 0 Å². The van der Waals surface area contributed by atoms with Crippen LogP contribution in [0.5, 0.6) is 17.2 Å². The molecule has 180 valence electrons. The van der Waals surface area contributed by atoms with E-state index in [0.29, 0.717) is 10.9 Å². The van der Waals surface area contributed by atoms with Gasteiger partial charge in [-0.25, -0.2) is 4.79 Å². The van der Waals surface area contributed by atoms with Crippen LogP contribution < -0.4 is 4.74 Å². The lowest BCUT2D eigenvalue weighted by Crippen LogP contribution is -2.26. The van der Waals surface area contributed by atoms with Crippen molar-refractivity contribution < 1.29 is 38.8 Å². The Kier molecular flexibility index (Phi) is 5.23. The number of methoxy groups -OCH3 is 2. The van der Waals surface area contributed by atoms with Gasteiger partial charge in [-0.15, -0.1) is 23.2 Å². The molecule has 0 radical (unpaired) electrons. The molecule has 0 saturated heterocycles. The first kappa shape index (κ1) is 23.7. The second-order valence-corrected chi connectivity index (χ2v) is 9.57. The van der Waals surface area contributed by atoms with Gasteiger partial charge in [0.2, 0.25) is 5.79 Å². The van der Waals surface area contributed by atoms with E-state index in [-0.39, 0.29) is 32.8 Å². The van der Waals surface area contributed by atoms with Gasteiger partial charge in [0.05, 0.1) is 28.8 Å². The first-order chi connectivity index (χ1) is 16.5. The minimum Gasteiger partial charge on any atom is -0.507 e. The third-order valence-corrected chi connectivity index (χ3v) is 7.24.